The summed E-state index contributed by atoms with van der Waals surface area (Å²) in [6.45, 7) is 3.04. The summed E-state index contributed by atoms with van der Waals surface area (Å²) in [4.78, 5) is 18.1. The van der Waals surface area contributed by atoms with Gasteiger partial charge in [0.2, 0.25) is 0 Å². The molecule has 3 aromatic carbocycles. The molecular formula is C32H29N3O3. The number of carbonyl (C=O) groups is 1. The van der Waals surface area contributed by atoms with Crippen molar-refractivity contribution in [1.82, 2.24) is 14.3 Å². The summed E-state index contributed by atoms with van der Waals surface area (Å²) in [5, 5.41) is 19.4. The Labute approximate surface area is 221 Å². The van der Waals surface area contributed by atoms with Crippen molar-refractivity contribution in [3.63, 3.8) is 0 Å². The molecule has 0 amide bonds. The number of fused-ring (bicyclic) bond motifs is 1. The van der Waals surface area contributed by atoms with E-state index in [0.29, 0.717) is 13.1 Å². The lowest BCUT2D eigenvalue weighted by Gasteiger charge is -2.20. The van der Waals surface area contributed by atoms with E-state index in [1.54, 1.807) is 0 Å². The van der Waals surface area contributed by atoms with E-state index in [0.717, 1.165) is 28.0 Å². The molecule has 0 bridgehead atoms. The van der Waals surface area contributed by atoms with Gasteiger partial charge in [0.1, 0.15) is 11.7 Å². The van der Waals surface area contributed by atoms with Crippen molar-refractivity contribution in [2.45, 2.75) is 32.0 Å². The van der Waals surface area contributed by atoms with E-state index in [4.69, 9.17) is 4.98 Å². The Balaban J connectivity index is 1.26. The first-order valence-electron chi connectivity index (χ1n) is 12.8. The molecule has 190 valence electrons. The van der Waals surface area contributed by atoms with Crippen LogP contribution >= 0.6 is 0 Å². The van der Waals surface area contributed by atoms with Gasteiger partial charge in [-0.25, -0.2) is 4.98 Å². The van der Waals surface area contributed by atoms with Crippen LogP contribution in [0.5, 0.6) is 0 Å². The number of imidazole rings is 1. The van der Waals surface area contributed by atoms with Gasteiger partial charge in [-0.05, 0) is 52.4 Å². The number of likely N-dealkylation sites (tertiary alicyclic amines) is 1. The van der Waals surface area contributed by atoms with E-state index < -0.39 is 18.1 Å². The molecular weight excluding hydrogens is 474 g/mol. The Morgan fingerprint density at radius 1 is 0.921 bits per heavy atom. The summed E-state index contributed by atoms with van der Waals surface area (Å²) in [6, 6.07) is 28.6. The Kier molecular flexibility index (Phi) is 6.27. The second-order valence-electron chi connectivity index (χ2n) is 10.0. The maximum atomic E-state index is 11.5. The number of carboxylic acid groups (broad SMARTS) is 1. The van der Waals surface area contributed by atoms with E-state index >= 15 is 0 Å². The second kappa shape index (κ2) is 9.89. The van der Waals surface area contributed by atoms with Crippen LogP contribution in [0.25, 0.3) is 39.2 Å². The maximum Gasteiger partial charge on any atom is 0.321 e. The zero-order valence-corrected chi connectivity index (χ0v) is 21.2. The maximum absolute atomic E-state index is 11.5. The molecule has 1 aliphatic heterocycles. The molecule has 38 heavy (non-hydrogen) atoms. The van der Waals surface area contributed by atoms with Crippen molar-refractivity contribution in [3.8, 4) is 33.5 Å². The lowest BCUT2D eigenvalue weighted by molar-refractivity contribution is -0.142. The number of β-amino-alcohol motifs (C(OH)–C–C–N with tert-alkyl or cyclic N) is 1. The Morgan fingerprint density at radius 3 is 2.39 bits per heavy atom. The molecule has 0 spiro atoms. The number of aliphatic hydroxyl groups excluding tert-OH is 1. The van der Waals surface area contributed by atoms with Crippen LogP contribution in [0.1, 0.15) is 17.5 Å². The number of aromatic nitrogens is 2. The molecule has 1 fully saturated rings. The topological polar surface area (TPSA) is 78.1 Å². The number of pyridine rings is 1. The fourth-order valence-electron chi connectivity index (χ4n) is 5.57. The molecule has 0 aliphatic carbocycles. The molecule has 2 N–H and O–H groups in total. The lowest BCUT2D eigenvalue weighted by atomic mass is 9.93. The van der Waals surface area contributed by atoms with Gasteiger partial charge in [0.05, 0.1) is 18.0 Å². The van der Waals surface area contributed by atoms with Crippen LogP contribution in [0, 0.1) is 6.92 Å². The predicted molar refractivity (Wildman–Crippen MR) is 149 cm³/mol. The lowest BCUT2D eigenvalue weighted by Crippen LogP contribution is -2.35. The van der Waals surface area contributed by atoms with E-state index in [2.05, 4.69) is 72.1 Å². The number of rotatable bonds is 6. The molecule has 1 aliphatic rings. The zero-order valence-electron chi connectivity index (χ0n) is 21.2. The van der Waals surface area contributed by atoms with Crippen LogP contribution in [0.15, 0.2) is 97.3 Å². The SMILES string of the molecule is Cc1c(-c2ccccc2)cccc1-c1ccn2c(-c3ccc(CN4CC(O)CC4C(=O)O)cc3)cnc2c1. The fraction of sp³-hybridized carbons (Fsp3) is 0.188. The third-order valence-electron chi connectivity index (χ3n) is 7.54. The first-order valence-corrected chi connectivity index (χ1v) is 12.8. The predicted octanol–water partition coefficient (Wildman–Crippen LogP) is 5.66. The number of hydrogen-bond donors (Lipinski definition) is 2. The molecule has 1 saturated heterocycles. The molecule has 3 heterocycles. The van der Waals surface area contributed by atoms with E-state index in [1.165, 1.54) is 22.3 Å². The molecule has 0 radical (unpaired) electrons. The number of carboxylic acids is 1. The molecule has 6 heteroatoms. The number of aliphatic hydroxyl groups is 1. The minimum Gasteiger partial charge on any atom is -0.480 e. The standard InChI is InChI=1S/C32H29N3O3/c1-21-27(23-6-3-2-4-7-23)8-5-9-28(21)25-14-15-35-30(18-33-31(35)16-25)24-12-10-22(11-13-24)19-34-20-26(36)17-29(34)32(37)38/h2-16,18,26,29,36H,17,19-20H2,1H3,(H,37,38). The summed E-state index contributed by atoms with van der Waals surface area (Å²) >= 11 is 0. The van der Waals surface area contributed by atoms with Crippen molar-refractivity contribution in [2.75, 3.05) is 6.54 Å². The molecule has 2 atom stereocenters. The largest absolute Gasteiger partial charge is 0.480 e. The van der Waals surface area contributed by atoms with Crippen LogP contribution in [0.4, 0.5) is 0 Å². The van der Waals surface area contributed by atoms with Gasteiger partial charge in [0.25, 0.3) is 0 Å². The van der Waals surface area contributed by atoms with Crippen molar-refractivity contribution >= 4 is 11.6 Å². The average molecular weight is 504 g/mol. The van der Waals surface area contributed by atoms with Crippen molar-refractivity contribution < 1.29 is 15.0 Å². The van der Waals surface area contributed by atoms with E-state index in [-0.39, 0.29) is 6.42 Å². The summed E-state index contributed by atoms with van der Waals surface area (Å²) in [5.74, 6) is -0.884. The highest BCUT2D eigenvalue weighted by Crippen LogP contribution is 2.33. The smallest absolute Gasteiger partial charge is 0.321 e. The molecule has 2 aromatic heterocycles. The Bertz CT molecular complexity index is 1610. The highest BCUT2D eigenvalue weighted by atomic mass is 16.4. The van der Waals surface area contributed by atoms with Gasteiger partial charge >= 0.3 is 5.97 Å². The van der Waals surface area contributed by atoms with Crippen molar-refractivity contribution in [3.05, 3.63) is 108 Å². The van der Waals surface area contributed by atoms with Crippen LogP contribution in [0.2, 0.25) is 0 Å². The van der Waals surface area contributed by atoms with Gasteiger partial charge in [0, 0.05) is 31.3 Å². The Morgan fingerprint density at radius 2 is 1.66 bits per heavy atom. The highest BCUT2D eigenvalue weighted by molar-refractivity contribution is 5.80. The molecule has 6 rings (SSSR count). The van der Waals surface area contributed by atoms with Crippen molar-refractivity contribution in [2.24, 2.45) is 0 Å². The van der Waals surface area contributed by atoms with Crippen LogP contribution < -0.4 is 0 Å². The summed E-state index contributed by atoms with van der Waals surface area (Å²) in [6.07, 6.45) is 3.63. The van der Waals surface area contributed by atoms with Gasteiger partial charge in [-0.1, -0.05) is 72.8 Å². The summed E-state index contributed by atoms with van der Waals surface area (Å²) < 4.78 is 2.09. The third kappa shape index (κ3) is 4.49. The van der Waals surface area contributed by atoms with E-state index in [1.807, 2.05) is 41.4 Å². The number of benzene rings is 3. The zero-order chi connectivity index (χ0) is 26.2. The summed E-state index contributed by atoms with van der Waals surface area (Å²) in [7, 11) is 0. The normalized spacial score (nSPS) is 17.7. The minimum absolute atomic E-state index is 0.271. The quantitative estimate of drug-likeness (QED) is 0.313. The van der Waals surface area contributed by atoms with Gasteiger partial charge in [-0.3, -0.25) is 14.1 Å². The molecule has 6 nitrogen and oxygen atoms in total. The van der Waals surface area contributed by atoms with Gasteiger partial charge in [0.15, 0.2) is 0 Å². The average Bonchev–Trinajstić information content (AvgIpc) is 3.52. The van der Waals surface area contributed by atoms with Crippen molar-refractivity contribution in [1.29, 1.82) is 0 Å². The minimum atomic E-state index is -0.884. The van der Waals surface area contributed by atoms with Crippen LogP contribution in [0.3, 0.4) is 0 Å². The van der Waals surface area contributed by atoms with Gasteiger partial charge in [-0.2, -0.15) is 0 Å². The van der Waals surface area contributed by atoms with Crippen LogP contribution in [-0.4, -0.2) is 49.2 Å². The second-order valence-corrected chi connectivity index (χ2v) is 10.0. The third-order valence-corrected chi connectivity index (χ3v) is 7.54. The van der Waals surface area contributed by atoms with Crippen LogP contribution in [-0.2, 0) is 11.3 Å². The van der Waals surface area contributed by atoms with Gasteiger partial charge in [-0.15, -0.1) is 0 Å². The molecule has 0 saturated carbocycles. The molecule has 5 aromatic rings. The number of hydrogen-bond acceptors (Lipinski definition) is 4. The number of nitrogens with zero attached hydrogens (tertiary/aromatic N) is 3. The molecule has 2 unspecified atom stereocenters. The van der Waals surface area contributed by atoms with E-state index in [9.17, 15) is 15.0 Å². The first-order chi connectivity index (χ1) is 18.5. The monoisotopic (exact) mass is 503 g/mol. The Hall–Kier alpha value is -4.26. The highest BCUT2D eigenvalue weighted by Gasteiger charge is 2.35. The van der Waals surface area contributed by atoms with Gasteiger partial charge < -0.3 is 10.2 Å². The summed E-state index contributed by atoms with van der Waals surface area (Å²) in [5.41, 5.74) is 9.90. The first kappa shape index (κ1) is 24.1. The number of aliphatic carboxylic acids is 1. The fourth-order valence-corrected chi connectivity index (χ4v) is 5.57.